The summed E-state index contributed by atoms with van der Waals surface area (Å²) in [6.07, 6.45) is 1.03. The van der Waals surface area contributed by atoms with Gasteiger partial charge in [-0.05, 0) is 72.8 Å². The Bertz CT molecular complexity index is 2800. The van der Waals surface area contributed by atoms with E-state index in [0.717, 1.165) is 6.42 Å². The lowest BCUT2D eigenvalue weighted by molar-refractivity contribution is 0.768. The lowest BCUT2D eigenvalue weighted by Gasteiger charge is -2.33. The minimum atomic E-state index is -0.254. The van der Waals surface area contributed by atoms with Crippen LogP contribution in [0.15, 0.2) is 315 Å². The highest BCUT2D eigenvalue weighted by molar-refractivity contribution is 5.86. The molecule has 11 aromatic carbocycles. The molecule has 0 heteroatoms. The average Bonchev–Trinajstić information content (AvgIpc) is 1.60. The Morgan fingerprint density at radius 2 is 0.372 bits per heavy atom. The highest BCUT2D eigenvalue weighted by Gasteiger charge is 2.45. The van der Waals surface area contributed by atoms with Gasteiger partial charge in [0, 0.05) is 0 Å². The van der Waals surface area contributed by atoms with Crippen molar-refractivity contribution in [2.45, 2.75) is 150 Å². The van der Waals surface area contributed by atoms with Crippen LogP contribution in [0.4, 0.5) is 0 Å². The second-order valence-electron chi connectivity index (χ2n) is 16.0. The molecule has 0 aliphatic heterocycles. The summed E-state index contributed by atoms with van der Waals surface area (Å²) >= 11 is 0. The van der Waals surface area contributed by atoms with Crippen molar-refractivity contribution in [1.82, 2.24) is 0 Å². The number of benzene rings is 11. The molecule has 0 radical (unpaired) electrons. The van der Waals surface area contributed by atoms with Crippen LogP contribution < -0.4 is 0 Å². The first-order chi connectivity index (χ1) is 42.8. The van der Waals surface area contributed by atoms with E-state index in [4.69, 9.17) is 0 Å². The number of rotatable bonds is 5. The molecule has 0 N–H and O–H groups in total. The Morgan fingerprint density at radius 3 is 0.628 bits per heavy atom. The van der Waals surface area contributed by atoms with E-state index in [0.29, 0.717) is 0 Å². The zero-order valence-electron chi connectivity index (χ0n) is 57.2. The lowest BCUT2D eigenvalue weighted by atomic mass is 9.68. The second-order valence-corrected chi connectivity index (χ2v) is 16.0. The fraction of sp³-hybridized carbons (Fsp3) is 0.256. The SMILES string of the molecule is CC.CC.CC.CC.CC.CC.CC.CC.CC.CC.c1ccc(-c2ccccc2)cc1.c1ccc(C2(c3ccccc3)c3ccccc3-c3ccccc32)cc1.c1ccc(Cc2ccccc2)cc1.c1ccc2ccccc2c1.c1ccccc1. The first-order valence-electron chi connectivity index (χ1n) is 32.7. The maximum atomic E-state index is 2.29. The molecule has 11 aromatic rings. The predicted octanol–water partition coefficient (Wildman–Crippen LogP) is 27.5. The fourth-order valence-electron chi connectivity index (χ4n) is 8.61. The Hall–Kier alpha value is -8.32. The molecule has 0 amide bonds. The van der Waals surface area contributed by atoms with E-state index in [9.17, 15) is 0 Å². The van der Waals surface area contributed by atoms with Gasteiger partial charge < -0.3 is 0 Å². The van der Waals surface area contributed by atoms with Gasteiger partial charge in [-0.25, -0.2) is 0 Å². The molecule has 12 rings (SSSR count). The molecule has 1 aliphatic rings. The van der Waals surface area contributed by atoms with Crippen molar-refractivity contribution in [1.29, 1.82) is 0 Å². The maximum Gasteiger partial charge on any atom is 0.0713 e. The zero-order valence-corrected chi connectivity index (χ0v) is 57.2. The zero-order chi connectivity index (χ0) is 64.9. The third kappa shape index (κ3) is 28.5. The van der Waals surface area contributed by atoms with E-state index in [1.807, 2.05) is 187 Å². The third-order valence-corrected chi connectivity index (χ3v) is 11.7. The Labute approximate surface area is 529 Å². The highest BCUT2D eigenvalue weighted by Crippen LogP contribution is 2.55. The van der Waals surface area contributed by atoms with Crippen LogP contribution in [-0.2, 0) is 11.8 Å². The van der Waals surface area contributed by atoms with Gasteiger partial charge in [-0.15, -0.1) is 0 Å². The average molecular weight is 1150 g/mol. The Morgan fingerprint density at radius 1 is 0.186 bits per heavy atom. The molecule has 0 fully saturated rings. The van der Waals surface area contributed by atoms with Gasteiger partial charge in [0.15, 0.2) is 0 Å². The van der Waals surface area contributed by atoms with Crippen LogP contribution in [0, 0.1) is 0 Å². The van der Waals surface area contributed by atoms with Gasteiger partial charge in [-0.3, -0.25) is 0 Å². The molecular weight excluding hydrogens is 1030 g/mol. The van der Waals surface area contributed by atoms with Gasteiger partial charge in [0.1, 0.15) is 0 Å². The van der Waals surface area contributed by atoms with E-state index in [1.54, 1.807) is 0 Å². The van der Waals surface area contributed by atoms with Gasteiger partial charge in [0.25, 0.3) is 0 Å². The summed E-state index contributed by atoms with van der Waals surface area (Å²) in [6, 6.07) is 110. The summed E-state index contributed by atoms with van der Waals surface area (Å²) in [5, 5.41) is 2.62. The van der Waals surface area contributed by atoms with Gasteiger partial charge in [0.2, 0.25) is 0 Å². The van der Waals surface area contributed by atoms with Crippen molar-refractivity contribution >= 4 is 10.8 Å². The van der Waals surface area contributed by atoms with Gasteiger partial charge in [-0.2, -0.15) is 0 Å². The van der Waals surface area contributed by atoms with Crippen LogP contribution in [0.25, 0.3) is 33.0 Å². The van der Waals surface area contributed by atoms with Crippen LogP contribution in [-0.4, -0.2) is 0 Å². The molecule has 0 aromatic heterocycles. The van der Waals surface area contributed by atoms with Gasteiger partial charge in [0.05, 0.1) is 5.41 Å². The van der Waals surface area contributed by atoms with E-state index in [2.05, 4.69) is 267 Å². The van der Waals surface area contributed by atoms with E-state index >= 15 is 0 Å². The molecule has 0 spiro atoms. The minimum Gasteiger partial charge on any atom is -0.0683 e. The molecule has 458 valence electrons. The molecule has 0 nitrogen and oxygen atoms in total. The maximum absolute atomic E-state index is 2.29. The van der Waals surface area contributed by atoms with E-state index in [1.165, 1.54) is 66.4 Å². The van der Waals surface area contributed by atoms with Gasteiger partial charge >= 0.3 is 0 Å². The summed E-state index contributed by atoms with van der Waals surface area (Å²) in [4.78, 5) is 0. The molecule has 0 heterocycles. The quantitative estimate of drug-likeness (QED) is 0.161. The standard InChI is InChI=1S/C25H18.C13H12.C12H10.C10H8.C6H6.10C2H6/c1-3-11-19(12-4-1)25(20-13-5-2-6-14-20)23-17-9-7-15-21(23)22-16-8-10-18-24(22)25;1-3-7-12(8-4-1)11-13-9-5-2-6-10-13;1-3-7-11(8-4-1)12-9-5-2-6-10-12;1-2-6-10-8-4-3-7-9(10)5-1;1-2-4-6-5-3-1;10*1-2/h1-18H;1-10H,11H2;1-10H;1-8H;1-6H;10*1-2H3. The molecule has 1 aliphatic carbocycles. The fourth-order valence-corrected chi connectivity index (χ4v) is 8.61. The van der Waals surface area contributed by atoms with Crippen LogP contribution in [0.5, 0.6) is 0 Å². The highest BCUT2D eigenvalue weighted by atomic mass is 14.5. The normalized spacial score (nSPS) is 9.30. The molecule has 0 atom stereocenters. The van der Waals surface area contributed by atoms with E-state index < -0.39 is 0 Å². The Balaban J connectivity index is -0.000000981. The first kappa shape index (κ1) is 81.9. The van der Waals surface area contributed by atoms with Crippen molar-refractivity contribution < 1.29 is 0 Å². The van der Waals surface area contributed by atoms with Crippen LogP contribution in [0.3, 0.4) is 0 Å². The number of hydrogen-bond donors (Lipinski definition) is 0. The summed E-state index contributed by atoms with van der Waals surface area (Å²) in [6.45, 7) is 40.0. The minimum absolute atomic E-state index is 0.254. The van der Waals surface area contributed by atoms with Crippen molar-refractivity contribution in [2.75, 3.05) is 0 Å². The summed E-state index contributed by atoms with van der Waals surface area (Å²) in [5.74, 6) is 0. The largest absolute Gasteiger partial charge is 0.0713 e. The number of fused-ring (bicyclic) bond motifs is 4. The molecule has 0 saturated carbocycles. The molecule has 0 saturated heterocycles. The second kappa shape index (κ2) is 58.5. The first-order valence-corrected chi connectivity index (χ1v) is 32.7. The predicted molar refractivity (Wildman–Crippen MR) is 395 cm³/mol. The summed E-state index contributed by atoms with van der Waals surface area (Å²) < 4.78 is 0. The molecule has 86 heavy (non-hydrogen) atoms. The van der Waals surface area contributed by atoms with Crippen molar-refractivity contribution in [3.8, 4) is 22.3 Å². The number of hydrogen-bond acceptors (Lipinski definition) is 0. The summed E-state index contributed by atoms with van der Waals surface area (Å²) in [7, 11) is 0. The van der Waals surface area contributed by atoms with Gasteiger partial charge in [-0.1, -0.05) is 454 Å². The van der Waals surface area contributed by atoms with Crippen molar-refractivity contribution in [2.24, 2.45) is 0 Å². The molecule has 0 unspecified atom stereocenters. The third-order valence-electron chi connectivity index (χ3n) is 11.7. The Kier molecular flexibility index (Phi) is 55.7. The van der Waals surface area contributed by atoms with Crippen LogP contribution in [0.2, 0.25) is 0 Å². The smallest absolute Gasteiger partial charge is 0.0683 e. The monoisotopic (exact) mass is 1150 g/mol. The van der Waals surface area contributed by atoms with Crippen molar-refractivity contribution in [3.05, 3.63) is 349 Å². The lowest BCUT2D eigenvalue weighted by Crippen LogP contribution is -2.28. The summed E-state index contributed by atoms with van der Waals surface area (Å²) in [5.41, 5.74) is 13.1. The van der Waals surface area contributed by atoms with Crippen LogP contribution in [0.1, 0.15) is 172 Å². The molecule has 0 bridgehead atoms. The molecular formula is C86H114. The van der Waals surface area contributed by atoms with E-state index in [-0.39, 0.29) is 5.41 Å². The topological polar surface area (TPSA) is 0 Å². The van der Waals surface area contributed by atoms with Crippen molar-refractivity contribution in [3.63, 3.8) is 0 Å². The van der Waals surface area contributed by atoms with Crippen LogP contribution >= 0.6 is 0 Å².